The zero-order chi connectivity index (χ0) is 18.0. The summed E-state index contributed by atoms with van der Waals surface area (Å²) in [6.07, 6.45) is 5.09. The highest BCUT2D eigenvalue weighted by molar-refractivity contribution is 5.99. The van der Waals surface area contributed by atoms with E-state index >= 15 is 0 Å². The van der Waals surface area contributed by atoms with Gasteiger partial charge in [0.15, 0.2) is 0 Å². The lowest BCUT2D eigenvalue weighted by atomic mass is 10.0. The monoisotopic (exact) mass is 341 g/mol. The van der Waals surface area contributed by atoms with Gasteiger partial charge < -0.3 is 10.2 Å². The number of anilines is 1. The van der Waals surface area contributed by atoms with Gasteiger partial charge in [0.25, 0.3) is 0 Å². The van der Waals surface area contributed by atoms with Gasteiger partial charge in [0.1, 0.15) is 6.04 Å². The van der Waals surface area contributed by atoms with E-state index in [1.54, 1.807) is 28.0 Å². The normalized spacial score (nSPS) is 17.6. The summed E-state index contributed by atoms with van der Waals surface area (Å²) in [5.41, 5.74) is 3.51. The fourth-order valence-electron chi connectivity index (χ4n) is 3.26. The van der Waals surface area contributed by atoms with Crippen LogP contribution in [-0.2, 0) is 23.1 Å². The van der Waals surface area contributed by atoms with Crippen molar-refractivity contribution < 1.29 is 9.59 Å². The van der Waals surface area contributed by atoms with Crippen LogP contribution >= 0.6 is 0 Å². The van der Waals surface area contributed by atoms with Crippen LogP contribution in [-0.4, -0.2) is 39.2 Å². The first kappa shape index (κ1) is 17.1. The number of nitrogens with zero attached hydrogens (tertiary/aromatic N) is 4. The fourth-order valence-corrected chi connectivity index (χ4v) is 3.26. The standard InChI is InChI=1S/C18H23N5O2/c1-12-15(13(2)22(3)21-12)10-17(24)20-16-7-5-9-23(18(16)25)14-6-4-8-19-11-14/h4,6,8,11,16H,5,7,9-10H2,1-3H3,(H,20,24). The number of aromatic nitrogens is 3. The fraction of sp³-hybridized carbons (Fsp3) is 0.444. The number of rotatable bonds is 4. The molecule has 0 aromatic carbocycles. The lowest BCUT2D eigenvalue weighted by Gasteiger charge is -2.32. The Morgan fingerprint density at radius 2 is 2.20 bits per heavy atom. The molecule has 0 saturated carbocycles. The highest BCUT2D eigenvalue weighted by Crippen LogP contribution is 2.20. The number of nitrogens with one attached hydrogen (secondary N) is 1. The van der Waals surface area contributed by atoms with Gasteiger partial charge in [0.05, 0.1) is 24.0 Å². The number of hydrogen-bond donors (Lipinski definition) is 1. The molecular formula is C18H23N5O2. The minimum absolute atomic E-state index is 0.0766. The van der Waals surface area contributed by atoms with Crippen molar-refractivity contribution >= 4 is 17.5 Å². The average Bonchev–Trinajstić information content (AvgIpc) is 2.84. The van der Waals surface area contributed by atoms with Crippen LogP contribution in [0.1, 0.15) is 29.8 Å². The minimum atomic E-state index is -0.487. The molecule has 1 atom stereocenters. The van der Waals surface area contributed by atoms with Gasteiger partial charge in [-0.05, 0) is 38.8 Å². The van der Waals surface area contributed by atoms with Crippen molar-refractivity contribution in [2.24, 2.45) is 7.05 Å². The molecule has 1 N–H and O–H groups in total. The van der Waals surface area contributed by atoms with Gasteiger partial charge in [-0.3, -0.25) is 19.3 Å². The van der Waals surface area contributed by atoms with Crippen LogP contribution in [0.25, 0.3) is 0 Å². The predicted molar refractivity (Wildman–Crippen MR) is 94.1 cm³/mol. The van der Waals surface area contributed by atoms with Crippen LogP contribution in [0.5, 0.6) is 0 Å². The Labute approximate surface area is 147 Å². The van der Waals surface area contributed by atoms with Gasteiger partial charge in [-0.15, -0.1) is 0 Å². The zero-order valence-electron chi connectivity index (χ0n) is 14.8. The molecule has 1 fully saturated rings. The largest absolute Gasteiger partial charge is 0.344 e. The summed E-state index contributed by atoms with van der Waals surface area (Å²) >= 11 is 0. The van der Waals surface area contributed by atoms with Crippen LogP contribution < -0.4 is 10.2 Å². The lowest BCUT2D eigenvalue weighted by molar-refractivity contribution is -0.128. The number of pyridine rings is 1. The number of hydrogen-bond acceptors (Lipinski definition) is 4. The summed E-state index contributed by atoms with van der Waals surface area (Å²) in [7, 11) is 1.86. The third-order valence-electron chi connectivity index (χ3n) is 4.73. The first-order valence-electron chi connectivity index (χ1n) is 8.47. The molecule has 132 valence electrons. The molecule has 1 aliphatic heterocycles. The summed E-state index contributed by atoms with van der Waals surface area (Å²) in [5.74, 6) is -0.224. The molecule has 0 spiro atoms. The molecule has 2 aromatic rings. The highest BCUT2D eigenvalue weighted by Gasteiger charge is 2.31. The quantitative estimate of drug-likeness (QED) is 0.909. The van der Waals surface area contributed by atoms with Gasteiger partial charge in [-0.1, -0.05) is 0 Å². The lowest BCUT2D eigenvalue weighted by Crippen LogP contribution is -2.52. The van der Waals surface area contributed by atoms with Gasteiger partial charge in [-0.2, -0.15) is 5.10 Å². The van der Waals surface area contributed by atoms with Gasteiger partial charge in [0.2, 0.25) is 11.8 Å². The molecule has 1 saturated heterocycles. The molecule has 0 aliphatic carbocycles. The Morgan fingerprint density at radius 1 is 1.40 bits per heavy atom. The molecular weight excluding hydrogens is 318 g/mol. The van der Waals surface area contributed by atoms with E-state index in [0.717, 1.165) is 29.1 Å². The second-order valence-corrected chi connectivity index (χ2v) is 6.41. The first-order chi connectivity index (χ1) is 12.0. The maximum atomic E-state index is 12.7. The predicted octanol–water partition coefficient (Wildman–Crippen LogP) is 1.29. The number of amides is 2. The molecule has 3 rings (SSSR count). The Hall–Kier alpha value is -2.70. The third-order valence-corrected chi connectivity index (χ3v) is 4.73. The van der Waals surface area contributed by atoms with E-state index in [0.29, 0.717) is 13.0 Å². The maximum Gasteiger partial charge on any atom is 0.249 e. The van der Waals surface area contributed by atoms with Crippen LogP contribution in [0.2, 0.25) is 0 Å². The number of carbonyl (C=O) groups excluding carboxylic acids is 2. The molecule has 25 heavy (non-hydrogen) atoms. The van der Waals surface area contributed by atoms with Crippen LogP contribution in [0.3, 0.4) is 0 Å². The topological polar surface area (TPSA) is 80.1 Å². The van der Waals surface area contributed by atoms with Crippen molar-refractivity contribution in [3.05, 3.63) is 41.5 Å². The van der Waals surface area contributed by atoms with E-state index in [9.17, 15) is 9.59 Å². The molecule has 1 aliphatic rings. The SMILES string of the molecule is Cc1nn(C)c(C)c1CC(=O)NC1CCCN(c2cccnc2)C1=O. The number of piperidine rings is 1. The van der Waals surface area contributed by atoms with Gasteiger partial charge >= 0.3 is 0 Å². The smallest absolute Gasteiger partial charge is 0.249 e. The number of carbonyl (C=O) groups is 2. The Bertz CT molecular complexity index is 784. The van der Waals surface area contributed by atoms with Crippen molar-refractivity contribution in [2.75, 3.05) is 11.4 Å². The molecule has 1 unspecified atom stereocenters. The van der Waals surface area contributed by atoms with Crippen molar-refractivity contribution in [2.45, 2.75) is 39.2 Å². The van der Waals surface area contributed by atoms with E-state index in [2.05, 4.69) is 15.4 Å². The first-order valence-corrected chi connectivity index (χ1v) is 8.47. The molecule has 2 amide bonds. The minimum Gasteiger partial charge on any atom is -0.344 e. The van der Waals surface area contributed by atoms with Crippen LogP contribution in [0, 0.1) is 13.8 Å². The number of aryl methyl sites for hydroxylation is 2. The highest BCUT2D eigenvalue weighted by atomic mass is 16.2. The second-order valence-electron chi connectivity index (χ2n) is 6.41. The Kier molecular flexibility index (Phi) is 4.83. The second kappa shape index (κ2) is 7.04. The zero-order valence-corrected chi connectivity index (χ0v) is 14.8. The van der Waals surface area contributed by atoms with E-state index in [4.69, 9.17) is 0 Å². The average molecular weight is 341 g/mol. The van der Waals surface area contributed by atoms with E-state index in [1.807, 2.05) is 27.0 Å². The summed E-state index contributed by atoms with van der Waals surface area (Å²) in [4.78, 5) is 30.9. The third kappa shape index (κ3) is 3.55. The van der Waals surface area contributed by atoms with Crippen LogP contribution in [0.4, 0.5) is 5.69 Å². The maximum absolute atomic E-state index is 12.7. The van der Waals surface area contributed by atoms with Gasteiger partial charge in [0, 0.05) is 31.0 Å². The summed E-state index contributed by atoms with van der Waals surface area (Å²) in [6, 6.07) is 3.18. The Morgan fingerprint density at radius 3 is 2.84 bits per heavy atom. The molecule has 2 aromatic heterocycles. The van der Waals surface area contributed by atoms with Crippen molar-refractivity contribution in [3.8, 4) is 0 Å². The van der Waals surface area contributed by atoms with Crippen molar-refractivity contribution in [1.82, 2.24) is 20.1 Å². The summed E-state index contributed by atoms with van der Waals surface area (Å²) in [6.45, 7) is 4.49. The summed E-state index contributed by atoms with van der Waals surface area (Å²) in [5, 5.41) is 7.22. The van der Waals surface area contributed by atoms with E-state index in [-0.39, 0.29) is 18.2 Å². The van der Waals surface area contributed by atoms with E-state index < -0.39 is 6.04 Å². The molecule has 0 bridgehead atoms. The van der Waals surface area contributed by atoms with Crippen molar-refractivity contribution in [1.29, 1.82) is 0 Å². The molecule has 7 nitrogen and oxygen atoms in total. The van der Waals surface area contributed by atoms with Crippen molar-refractivity contribution in [3.63, 3.8) is 0 Å². The molecule has 0 radical (unpaired) electrons. The summed E-state index contributed by atoms with van der Waals surface area (Å²) < 4.78 is 1.77. The van der Waals surface area contributed by atoms with Gasteiger partial charge in [-0.25, -0.2) is 0 Å². The molecule has 7 heteroatoms. The van der Waals surface area contributed by atoms with E-state index in [1.165, 1.54) is 0 Å². The Balaban J connectivity index is 1.67. The van der Waals surface area contributed by atoms with Crippen LogP contribution in [0.15, 0.2) is 24.5 Å². The molecule has 3 heterocycles.